The molecule has 16 heavy (non-hydrogen) atoms. The average Bonchev–Trinajstić information content (AvgIpc) is 2.30. The van der Waals surface area contributed by atoms with Gasteiger partial charge in [0.15, 0.2) is 0 Å². The maximum Gasteiger partial charge on any atom is 0.0834 e. The van der Waals surface area contributed by atoms with Crippen molar-refractivity contribution in [3.8, 4) is 0 Å². The molecule has 1 fully saturated rings. The summed E-state index contributed by atoms with van der Waals surface area (Å²) in [6, 6.07) is 0.558. The summed E-state index contributed by atoms with van der Waals surface area (Å²) in [5.41, 5.74) is 0.138. The molecule has 0 amide bonds. The lowest BCUT2D eigenvalue weighted by Gasteiger charge is -2.43. The van der Waals surface area contributed by atoms with Crippen LogP contribution >= 0.6 is 0 Å². The molecule has 0 aromatic heterocycles. The molecule has 1 aliphatic rings. The summed E-state index contributed by atoms with van der Waals surface area (Å²) in [4.78, 5) is 0. The van der Waals surface area contributed by atoms with E-state index in [1.807, 2.05) is 0 Å². The van der Waals surface area contributed by atoms with Crippen molar-refractivity contribution in [1.29, 1.82) is 0 Å². The highest BCUT2D eigenvalue weighted by molar-refractivity contribution is 4.95. The molecule has 96 valence electrons. The Morgan fingerprint density at radius 1 is 1.12 bits per heavy atom. The molecule has 0 bridgehead atoms. The van der Waals surface area contributed by atoms with Gasteiger partial charge < -0.3 is 10.1 Å². The van der Waals surface area contributed by atoms with Crippen LogP contribution in [0.15, 0.2) is 0 Å². The number of hydrogen-bond acceptors (Lipinski definition) is 2. The topological polar surface area (TPSA) is 21.3 Å². The summed E-state index contributed by atoms with van der Waals surface area (Å²) in [5, 5.41) is 3.65. The van der Waals surface area contributed by atoms with E-state index < -0.39 is 0 Å². The van der Waals surface area contributed by atoms with E-state index in [1.165, 1.54) is 44.9 Å². The van der Waals surface area contributed by atoms with Crippen LogP contribution < -0.4 is 5.32 Å². The quantitative estimate of drug-likeness (QED) is 0.718. The van der Waals surface area contributed by atoms with E-state index in [0.717, 1.165) is 13.2 Å². The lowest BCUT2D eigenvalue weighted by molar-refractivity contribution is -0.0913. The highest BCUT2D eigenvalue weighted by Gasteiger charge is 2.39. The molecule has 2 heteroatoms. The Balaban J connectivity index is 2.69. The fraction of sp³-hybridized carbons (Fsp3) is 1.00. The fourth-order valence-electron chi connectivity index (χ4n) is 3.12. The third-order valence-electron chi connectivity index (χ3n) is 3.79. The van der Waals surface area contributed by atoms with Gasteiger partial charge in [-0.25, -0.2) is 0 Å². The molecule has 1 atom stereocenters. The Morgan fingerprint density at radius 2 is 1.81 bits per heavy atom. The van der Waals surface area contributed by atoms with Crippen molar-refractivity contribution >= 4 is 0 Å². The largest absolute Gasteiger partial charge is 0.374 e. The Bertz CT molecular complexity index is 164. The zero-order valence-corrected chi connectivity index (χ0v) is 11.3. The van der Waals surface area contributed by atoms with Gasteiger partial charge in [0, 0.05) is 12.6 Å². The highest BCUT2D eigenvalue weighted by Crippen LogP contribution is 2.36. The summed E-state index contributed by atoms with van der Waals surface area (Å²) in [6.45, 7) is 8.51. The van der Waals surface area contributed by atoms with Crippen LogP contribution in [0.2, 0.25) is 0 Å². The van der Waals surface area contributed by atoms with Gasteiger partial charge in [0.05, 0.1) is 5.60 Å². The second kappa shape index (κ2) is 7.29. The molecule has 1 N–H and O–H groups in total. The third-order valence-corrected chi connectivity index (χ3v) is 3.79. The number of ether oxygens (including phenoxy) is 1. The van der Waals surface area contributed by atoms with Gasteiger partial charge in [-0.1, -0.05) is 39.5 Å². The normalized spacial score (nSPS) is 21.9. The van der Waals surface area contributed by atoms with E-state index in [4.69, 9.17) is 4.74 Å². The van der Waals surface area contributed by atoms with Gasteiger partial charge in [0.1, 0.15) is 0 Å². The van der Waals surface area contributed by atoms with E-state index in [2.05, 4.69) is 26.1 Å². The molecule has 0 saturated heterocycles. The van der Waals surface area contributed by atoms with Crippen LogP contribution in [0, 0.1) is 0 Å². The van der Waals surface area contributed by atoms with Gasteiger partial charge in [-0.3, -0.25) is 0 Å². The van der Waals surface area contributed by atoms with Gasteiger partial charge in [-0.05, 0) is 32.7 Å². The monoisotopic (exact) mass is 227 g/mol. The third kappa shape index (κ3) is 3.46. The molecule has 0 radical (unpaired) electrons. The van der Waals surface area contributed by atoms with Crippen LogP contribution in [0.3, 0.4) is 0 Å². The SMILES string of the molecule is CCCC(NCC)C1(OCC)CCCCC1. The summed E-state index contributed by atoms with van der Waals surface area (Å²) < 4.78 is 6.18. The first kappa shape index (κ1) is 14.0. The van der Waals surface area contributed by atoms with Crippen molar-refractivity contribution in [2.75, 3.05) is 13.2 Å². The summed E-state index contributed by atoms with van der Waals surface area (Å²) in [5.74, 6) is 0. The Hall–Kier alpha value is -0.0800. The molecule has 1 rings (SSSR count). The second-order valence-corrected chi connectivity index (χ2v) is 4.96. The molecule has 0 aromatic rings. The van der Waals surface area contributed by atoms with E-state index >= 15 is 0 Å². The molecule has 0 aliphatic heterocycles. The minimum absolute atomic E-state index is 0.138. The standard InChI is InChI=1S/C14H29NO/c1-4-10-13(15-5-2)14(16-6-3)11-8-7-9-12-14/h13,15H,4-12H2,1-3H3. The van der Waals surface area contributed by atoms with Gasteiger partial charge in [-0.2, -0.15) is 0 Å². The highest BCUT2D eigenvalue weighted by atomic mass is 16.5. The summed E-state index contributed by atoms with van der Waals surface area (Å²) >= 11 is 0. The van der Waals surface area contributed by atoms with Gasteiger partial charge in [-0.15, -0.1) is 0 Å². The van der Waals surface area contributed by atoms with E-state index in [9.17, 15) is 0 Å². The van der Waals surface area contributed by atoms with Crippen LogP contribution in [0.5, 0.6) is 0 Å². The summed E-state index contributed by atoms with van der Waals surface area (Å²) in [7, 11) is 0. The van der Waals surface area contributed by atoms with Crippen LogP contribution in [0.1, 0.15) is 65.7 Å². The Morgan fingerprint density at radius 3 is 2.31 bits per heavy atom. The minimum Gasteiger partial charge on any atom is -0.374 e. The molecule has 2 nitrogen and oxygen atoms in total. The fourth-order valence-corrected chi connectivity index (χ4v) is 3.12. The number of hydrogen-bond donors (Lipinski definition) is 1. The van der Waals surface area contributed by atoms with Gasteiger partial charge >= 0.3 is 0 Å². The molecule has 1 unspecified atom stereocenters. The minimum atomic E-state index is 0.138. The molecule has 0 spiro atoms. The van der Waals surface area contributed by atoms with Crippen molar-refractivity contribution in [2.24, 2.45) is 0 Å². The van der Waals surface area contributed by atoms with E-state index in [1.54, 1.807) is 0 Å². The van der Waals surface area contributed by atoms with Crippen molar-refractivity contribution in [2.45, 2.75) is 77.4 Å². The van der Waals surface area contributed by atoms with Crippen LogP contribution in [0.4, 0.5) is 0 Å². The van der Waals surface area contributed by atoms with Crippen molar-refractivity contribution < 1.29 is 4.74 Å². The van der Waals surface area contributed by atoms with Crippen molar-refractivity contribution in [1.82, 2.24) is 5.32 Å². The lowest BCUT2D eigenvalue weighted by atomic mass is 9.77. The van der Waals surface area contributed by atoms with Crippen molar-refractivity contribution in [3.05, 3.63) is 0 Å². The number of likely N-dealkylation sites (N-methyl/N-ethyl adjacent to an activating group) is 1. The van der Waals surface area contributed by atoms with Crippen LogP contribution in [-0.2, 0) is 4.74 Å². The first-order valence-electron chi connectivity index (χ1n) is 7.16. The lowest BCUT2D eigenvalue weighted by Crippen LogP contribution is -2.53. The van der Waals surface area contributed by atoms with Gasteiger partial charge in [0.25, 0.3) is 0 Å². The van der Waals surface area contributed by atoms with Crippen molar-refractivity contribution in [3.63, 3.8) is 0 Å². The zero-order chi connectivity index (χ0) is 11.9. The second-order valence-electron chi connectivity index (χ2n) is 4.96. The Kier molecular flexibility index (Phi) is 6.37. The molecule has 1 saturated carbocycles. The smallest absolute Gasteiger partial charge is 0.0834 e. The number of rotatable bonds is 7. The average molecular weight is 227 g/mol. The van der Waals surface area contributed by atoms with Crippen LogP contribution in [0.25, 0.3) is 0 Å². The number of nitrogens with one attached hydrogen (secondary N) is 1. The molecular formula is C14H29NO. The first-order chi connectivity index (χ1) is 7.79. The maximum absolute atomic E-state index is 6.18. The summed E-state index contributed by atoms with van der Waals surface area (Å²) in [6.07, 6.45) is 9.05. The maximum atomic E-state index is 6.18. The predicted octanol–water partition coefficient (Wildman–Crippen LogP) is 3.50. The predicted molar refractivity (Wildman–Crippen MR) is 69.8 cm³/mol. The molecule has 0 heterocycles. The molecule has 0 aromatic carbocycles. The zero-order valence-electron chi connectivity index (χ0n) is 11.3. The molecule has 1 aliphatic carbocycles. The van der Waals surface area contributed by atoms with Gasteiger partial charge in [0.2, 0.25) is 0 Å². The first-order valence-corrected chi connectivity index (χ1v) is 7.16. The van der Waals surface area contributed by atoms with E-state index in [-0.39, 0.29) is 5.60 Å². The Labute approximate surface area is 101 Å². The van der Waals surface area contributed by atoms with Crippen LogP contribution in [-0.4, -0.2) is 24.8 Å². The molecular weight excluding hydrogens is 198 g/mol. The van der Waals surface area contributed by atoms with E-state index in [0.29, 0.717) is 6.04 Å².